The van der Waals surface area contributed by atoms with E-state index in [1.165, 1.54) is 4.90 Å². The number of nitrogens with two attached hydrogens (primary N) is 2. The van der Waals surface area contributed by atoms with Gasteiger partial charge in [-0.15, -0.1) is 0 Å². The lowest BCUT2D eigenvalue weighted by atomic mass is 10.1. The summed E-state index contributed by atoms with van der Waals surface area (Å²) in [4.78, 5) is 42.8. The summed E-state index contributed by atoms with van der Waals surface area (Å²) in [6, 6.07) is 11.5. The van der Waals surface area contributed by atoms with E-state index >= 15 is 0 Å². The number of guanidine groups is 1. The summed E-state index contributed by atoms with van der Waals surface area (Å²) in [6.45, 7) is 5.43. The van der Waals surface area contributed by atoms with E-state index in [2.05, 4.69) is 4.99 Å². The number of amides is 1. The average Bonchev–Trinajstić information content (AvgIpc) is 3.02. The zero-order valence-electron chi connectivity index (χ0n) is 18.3. The van der Waals surface area contributed by atoms with Gasteiger partial charge in [-0.3, -0.25) is 9.59 Å². The highest BCUT2D eigenvalue weighted by Crippen LogP contribution is 2.27. The van der Waals surface area contributed by atoms with E-state index in [0.29, 0.717) is 29.1 Å². The molecule has 0 aliphatic carbocycles. The summed E-state index contributed by atoms with van der Waals surface area (Å²) in [5, 5.41) is 0. The second-order valence-corrected chi connectivity index (χ2v) is 7.82. The number of nitrogens with zero attached hydrogens (tertiary/aromatic N) is 2. The molecule has 3 rings (SSSR count). The number of carbonyl (C=O) groups is 3. The van der Waals surface area contributed by atoms with Crippen LogP contribution in [-0.2, 0) is 16.1 Å². The number of carbonyl (C=O) groups excluding carboxylic acids is 3. The normalized spacial score (nSPS) is 12.8. The van der Waals surface area contributed by atoms with Crippen LogP contribution in [0, 0.1) is 0 Å². The maximum absolute atomic E-state index is 12.7. The fourth-order valence-corrected chi connectivity index (χ4v) is 3.33. The number of fused-ring (bicyclic) bond motifs is 1. The van der Waals surface area contributed by atoms with Crippen molar-refractivity contribution in [3.05, 3.63) is 59.2 Å². The molecule has 0 spiro atoms. The van der Waals surface area contributed by atoms with Crippen LogP contribution >= 0.6 is 0 Å². The molecule has 0 saturated heterocycles. The minimum Gasteiger partial charge on any atom is -0.476 e. The summed E-state index contributed by atoms with van der Waals surface area (Å²) < 4.78 is 10.7. The third-order valence-corrected chi connectivity index (χ3v) is 4.88. The molecular weight excluding hydrogens is 412 g/mol. The van der Waals surface area contributed by atoms with Crippen molar-refractivity contribution in [2.75, 3.05) is 13.2 Å². The van der Waals surface area contributed by atoms with E-state index in [1.807, 2.05) is 0 Å². The van der Waals surface area contributed by atoms with Crippen LogP contribution in [0.3, 0.4) is 0 Å². The van der Waals surface area contributed by atoms with E-state index in [0.717, 1.165) is 5.56 Å². The number of hydrogen-bond donors (Lipinski definition) is 2. The van der Waals surface area contributed by atoms with Crippen molar-refractivity contribution in [2.24, 2.45) is 16.5 Å². The second-order valence-electron chi connectivity index (χ2n) is 7.82. The highest BCUT2D eigenvalue weighted by atomic mass is 16.6. The summed E-state index contributed by atoms with van der Waals surface area (Å²) in [5.74, 6) is -0.557. The lowest BCUT2D eigenvalue weighted by Gasteiger charge is -2.24. The molecule has 1 aliphatic heterocycles. The molecule has 1 amide bonds. The van der Waals surface area contributed by atoms with E-state index < -0.39 is 11.6 Å². The van der Waals surface area contributed by atoms with Gasteiger partial charge >= 0.3 is 5.97 Å². The largest absolute Gasteiger partial charge is 0.476 e. The van der Waals surface area contributed by atoms with E-state index in [9.17, 15) is 14.4 Å². The minimum absolute atomic E-state index is 0.0698. The van der Waals surface area contributed by atoms with Crippen molar-refractivity contribution < 1.29 is 23.9 Å². The van der Waals surface area contributed by atoms with Gasteiger partial charge in [0.25, 0.3) is 5.91 Å². The first-order valence-corrected chi connectivity index (χ1v) is 10.1. The minimum atomic E-state index is -1.16. The van der Waals surface area contributed by atoms with Gasteiger partial charge in [-0.2, -0.15) is 0 Å². The van der Waals surface area contributed by atoms with Crippen LogP contribution in [0.4, 0.5) is 5.69 Å². The number of esters is 1. The van der Waals surface area contributed by atoms with Gasteiger partial charge in [0, 0.05) is 17.7 Å². The van der Waals surface area contributed by atoms with Gasteiger partial charge < -0.3 is 25.8 Å². The van der Waals surface area contributed by atoms with Crippen molar-refractivity contribution in [1.82, 2.24) is 4.90 Å². The number of ketones is 1. The maximum atomic E-state index is 12.7. The van der Waals surface area contributed by atoms with Gasteiger partial charge in [-0.1, -0.05) is 0 Å². The van der Waals surface area contributed by atoms with E-state index in [4.69, 9.17) is 20.9 Å². The summed E-state index contributed by atoms with van der Waals surface area (Å²) >= 11 is 0. The van der Waals surface area contributed by atoms with Crippen LogP contribution in [-0.4, -0.2) is 47.3 Å². The first-order chi connectivity index (χ1) is 15.1. The van der Waals surface area contributed by atoms with Crippen LogP contribution in [0.2, 0.25) is 0 Å². The van der Waals surface area contributed by atoms with Gasteiger partial charge in [0.15, 0.2) is 17.3 Å². The Labute approximate surface area is 186 Å². The molecule has 9 heteroatoms. The van der Waals surface area contributed by atoms with E-state index in [-0.39, 0.29) is 30.8 Å². The quantitative estimate of drug-likeness (QED) is 0.279. The number of benzene rings is 2. The topological polar surface area (TPSA) is 137 Å². The van der Waals surface area contributed by atoms with Gasteiger partial charge in [0.05, 0.1) is 18.8 Å². The number of aliphatic imine (C=N–C) groups is 1. The molecule has 0 unspecified atom stereocenters. The summed E-state index contributed by atoms with van der Waals surface area (Å²) in [6.07, 6.45) is 0. The highest BCUT2D eigenvalue weighted by Gasteiger charge is 2.32. The van der Waals surface area contributed by atoms with Crippen LogP contribution in [0.5, 0.6) is 5.75 Å². The molecule has 1 aliphatic rings. The van der Waals surface area contributed by atoms with Crippen LogP contribution < -0.4 is 16.2 Å². The SMILES string of the molecule is CCOC(=O)C(C)(C)Oc1ccc(C(=O)CN2Cc3cc(N=C(N)N)ccc3C2=O)cc1. The molecule has 0 aromatic heterocycles. The van der Waals surface area contributed by atoms with Gasteiger partial charge in [-0.25, -0.2) is 9.79 Å². The number of Topliss-reactive ketones (excluding diaryl/α,β-unsaturated/α-hetero) is 1. The van der Waals surface area contributed by atoms with Crippen molar-refractivity contribution >= 4 is 29.3 Å². The lowest BCUT2D eigenvalue weighted by Crippen LogP contribution is -2.39. The summed E-state index contributed by atoms with van der Waals surface area (Å²) in [7, 11) is 0. The molecule has 2 aromatic rings. The Kier molecular flexibility index (Phi) is 6.47. The first kappa shape index (κ1) is 22.8. The smallest absolute Gasteiger partial charge is 0.349 e. The lowest BCUT2D eigenvalue weighted by molar-refractivity contribution is -0.158. The fourth-order valence-electron chi connectivity index (χ4n) is 3.33. The number of rotatable bonds is 8. The predicted octanol–water partition coefficient (Wildman–Crippen LogP) is 2.15. The van der Waals surface area contributed by atoms with Crippen molar-refractivity contribution in [2.45, 2.75) is 32.9 Å². The van der Waals surface area contributed by atoms with Gasteiger partial charge in [0.1, 0.15) is 5.75 Å². The molecular formula is C23H26N4O5. The average molecular weight is 438 g/mol. The maximum Gasteiger partial charge on any atom is 0.349 e. The fraction of sp³-hybridized carbons (Fsp3) is 0.304. The zero-order chi connectivity index (χ0) is 23.5. The Hall–Kier alpha value is -3.88. The van der Waals surface area contributed by atoms with Crippen LogP contribution in [0.15, 0.2) is 47.5 Å². The molecule has 0 saturated carbocycles. The zero-order valence-corrected chi connectivity index (χ0v) is 18.3. The Morgan fingerprint density at radius 3 is 2.44 bits per heavy atom. The Morgan fingerprint density at radius 1 is 1.12 bits per heavy atom. The second kappa shape index (κ2) is 9.09. The molecule has 0 radical (unpaired) electrons. The standard InChI is InChI=1S/C23H26N4O5/c1-4-31-21(30)23(2,3)32-17-8-5-14(6-9-17)19(28)13-27-12-15-11-16(26-22(24)25)7-10-18(15)20(27)29/h5-11H,4,12-13H2,1-3H3,(H4,24,25,26). The molecule has 0 fully saturated rings. The third-order valence-electron chi connectivity index (χ3n) is 4.88. The van der Waals surface area contributed by atoms with Gasteiger partial charge in [0.2, 0.25) is 0 Å². The molecule has 2 aromatic carbocycles. The summed E-state index contributed by atoms with van der Waals surface area (Å²) in [5.41, 5.74) is 11.9. The van der Waals surface area contributed by atoms with Crippen molar-refractivity contribution in [1.29, 1.82) is 0 Å². The highest BCUT2D eigenvalue weighted by molar-refractivity contribution is 6.04. The van der Waals surface area contributed by atoms with Crippen LogP contribution in [0.25, 0.3) is 0 Å². The molecule has 0 atom stereocenters. The number of hydrogen-bond acceptors (Lipinski definition) is 6. The van der Waals surface area contributed by atoms with Crippen LogP contribution in [0.1, 0.15) is 47.1 Å². The van der Waals surface area contributed by atoms with Gasteiger partial charge in [-0.05, 0) is 68.8 Å². The van der Waals surface area contributed by atoms with E-state index in [1.54, 1.807) is 63.2 Å². The molecule has 0 bridgehead atoms. The molecule has 4 N–H and O–H groups in total. The molecule has 1 heterocycles. The molecule has 168 valence electrons. The molecule has 9 nitrogen and oxygen atoms in total. The van der Waals surface area contributed by atoms with Crippen molar-refractivity contribution in [3.8, 4) is 5.75 Å². The predicted molar refractivity (Wildman–Crippen MR) is 119 cm³/mol. The van der Waals surface area contributed by atoms with Crippen molar-refractivity contribution in [3.63, 3.8) is 0 Å². The third kappa shape index (κ3) is 5.05. The molecule has 32 heavy (non-hydrogen) atoms. The first-order valence-electron chi connectivity index (χ1n) is 10.1. The Balaban J connectivity index is 1.65. The number of ether oxygens (including phenoxy) is 2. The Morgan fingerprint density at radius 2 is 1.81 bits per heavy atom. The monoisotopic (exact) mass is 438 g/mol. The Bertz CT molecular complexity index is 1070.